The van der Waals surface area contributed by atoms with E-state index in [2.05, 4.69) is 13.8 Å². The molecule has 124 valence electrons. The third-order valence-corrected chi connectivity index (χ3v) is 3.19. The van der Waals surface area contributed by atoms with E-state index < -0.39 is 0 Å². The first-order valence-electron chi connectivity index (χ1n) is 8.60. The molecule has 0 aliphatic rings. The summed E-state index contributed by atoms with van der Waals surface area (Å²) in [6.07, 6.45) is 18.8. The van der Waals surface area contributed by atoms with Gasteiger partial charge in [0.1, 0.15) is 25.0 Å². The van der Waals surface area contributed by atoms with Crippen LogP contribution in [0.5, 0.6) is 0 Å². The molecule has 0 heterocycles. The second-order valence-electron chi connectivity index (χ2n) is 5.25. The minimum Gasteiger partial charge on any atom is -0.498 e. The zero-order valence-electron chi connectivity index (χ0n) is 14.0. The minimum atomic E-state index is 0.765. The Morgan fingerprint density at radius 2 is 0.952 bits per heavy atom. The largest absolute Gasteiger partial charge is 0.498 e. The van der Waals surface area contributed by atoms with E-state index in [9.17, 15) is 0 Å². The minimum absolute atomic E-state index is 0.765. The number of unbranched alkanes of at least 4 members (excludes halogenated alkanes) is 8. The van der Waals surface area contributed by atoms with Crippen molar-refractivity contribution in [2.24, 2.45) is 0 Å². The molecular formula is C18H34O3. The third kappa shape index (κ3) is 18.9. The van der Waals surface area contributed by atoms with Gasteiger partial charge in [0.25, 0.3) is 0 Å². The molecule has 0 unspecified atom stereocenters. The van der Waals surface area contributed by atoms with Crippen molar-refractivity contribution < 1.29 is 14.2 Å². The first-order valence-corrected chi connectivity index (χ1v) is 8.60. The van der Waals surface area contributed by atoms with Gasteiger partial charge in [0.15, 0.2) is 0 Å². The van der Waals surface area contributed by atoms with Gasteiger partial charge in [0.2, 0.25) is 0 Å². The maximum atomic E-state index is 5.32. The molecule has 0 fully saturated rings. The van der Waals surface area contributed by atoms with Crippen molar-refractivity contribution in [3.63, 3.8) is 0 Å². The number of ether oxygens (including phenoxy) is 3. The molecule has 0 saturated heterocycles. The van der Waals surface area contributed by atoms with Crippen LogP contribution >= 0.6 is 0 Å². The molecule has 0 saturated carbocycles. The Morgan fingerprint density at radius 1 is 0.524 bits per heavy atom. The Hall–Kier alpha value is -1.12. The lowest BCUT2D eigenvalue weighted by atomic mass is 10.2. The van der Waals surface area contributed by atoms with Gasteiger partial charge in [-0.25, -0.2) is 0 Å². The molecule has 0 spiro atoms. The lowest BCUT2D eigenvalue weighted by Crippen LogP contribution is -1.88. The Bertz CT molecular complexity index is 213. The molecule has 3 heteroatoms. The van der Waals surface area contributed by atoms with Gasteiger partial charge in [0, 0.05) is 0 Å². The molecule has 0 aromatic carbocycles. The van der Waals surface area contributed by atoms with Crippen molar-refractivity contribution >= 4 is 0 Å². The summed E-state index contributed by atoms with van der Waals surface area (Å²) in [5.74, 6) is 0. The van der Waals surface area contributed by atoms with E-state index in [1.54, 1.807) is 12.5 Å². The molecule has 0 N–H and O–H groups in total. The van der Waals surface area contributed by atoms with E-state index in [1.165, 1.54) is 63.9 Å². The molecule has 0 amide bonds. The Balaban J connectivity index is 3.14. The van der Waals surface area contributed by atoms with Crippen LogP contribution in [-0.2, 0) is 14.2 Å². The molecule has 0 radical (unpaired) electrons. The lowest BCUT2D eigenvalue weighted by molar-refractivity contribution is 0.216. The smallest absolute Gasteiger partial charge is 0.125 e. The molecule has 0 aromatic heterocycles. The van der Waals surface area contributed by atoms with Gasteiger partial charge < -0.3 is 14.2 Å². The summed E-state index contributed by atoms with van der Waals surface area (Å²) < 4.78 is 15.7. The van der Waals surface area contributed by atoms with Crippen molar-refractivity contribution in [2.45, 2.75) is 78.1 Å². The summed E-state index contributed by atoms with van der Waals surface area (Å²) >= 11 is 0. The van der Waals surface area contributed by atoms with Gasteiger partial charge >= 0.3 is 0 Å². The van der Waals surface area contributed by atoms with E-state index >= 15 is 0 Å². The van der Waals surface area contributed by atoms with Crippen LogP contribution in [-0.4, -0.2) is 13.2 Å². The van der Waals surface area contributed by atoms with E-state index in [4.69, 9.17) is 14.2 Å². The molecule has 0 aromatic rings. The third-order valence-electron chi connectivity index (χ3n) is 3.19. The average Bonchev–Trinajstić information content (AvgIpc) is 2.50. The first kappa shape index (κ1) is 19.9. The second kappa shape index (κ2) is 18.9. The van der Waals surface area contributed by atoms with Crippen molar-refractivity contribution in [3.05, 3.63) is 25.0 Å². The molecule has 0 bridgehead atoms. The monoisotopic (exact) mass is 298 g/mol. The Kier molecular flexibility index (Phi) is 17.9. The maximum Gasteiger partial charge on any atom is 0.125 e. The van der Waals surface area contributed by atoms with E-state index in [1.807, 2.05) is 0 Å². The standard InChI is InChI=1S/C18H34O3/c1-3-5-7-9-11-13-19-15-17-21-18-16-20-14-12-10-8-6-4-2/h15-18H,3-14H2,1-2H3. The van der Waals surface area contributed by atoms with Gasteiger partial charge in [-0.2, -0.15) is 0 Å². The fourth-order valence-corrected chi connectivity index (χ4v) is 1.90. The quantitative estimate of drug-likeness (QED) is 0.261. The Morgan fingerprint density at radius 3 is 1.38 bits per heavy atom. The predicted octanol–water partition coefficient (Wildman–Crippen LogP) is 5.92. The highest BCUT2D eigenvalue weighted by Crippen LogP contribution is 2.03. The summed E-state index contributed by atoms with van der Waals surface area (Å²) in [6, 6.07) is 0. The zero-order chi connectivity index (χ0) is 15.4. The van der Waals surface area contributed by atoms with Crippen molar-refractivity contribution in [2.75, 3.05) is 13.2 Å². The van der Waals surface area contributed by atoms with E-state index in [-0.39, 0.29) is 0 Å². The van der Waals surface area contributed by atoms with Gasteiger partial charge in [-0.1, -0.05) is 65.2 Å². The van der Waals surface area contributed by atoms with Crippen molar-refractivity contribution in [3.8, 4) is 0 Å². The second-order valence-corrected chi connectivity index (χ2v) is 5.25. The van der Waals surface area contributed by atoms with Crippen molar-refractivity contribution in [1.29, 1.82) is 0 Å². The average molecular weight is 298 g/mol. The van der Waals surface area contributed by atoms with Crippen molar-refractivity contribution in [1.82, 2.24) is 0 Å². The predicted molar refractivity (Wildman–Crippen MR) is 88.8 cm³/mol. The Labute approximate surface area is 131 Å². The van der Waals surface area contributed by atoms with Crippen LogP contribution in [0.1, 0.15) is 78.1 Å². The van der Waals surface area contributed by atoms with Crippen LogP contribution in [0.3, 0.4) is 0 Å². The van der Waals surface area contributed by atoms with E-state index in [0.29, 0.717) is 0 Å². The van der Waals surface area contributed by atoms with Gasteiger partial charge in [-0.3, -0.25) is 0 Å². The highest BCUT2D eigenvalue weighted by Gasteiger charge is 1.88. The first-order chi connectivity index (χ1) is 10.4. The van der Waals surface area contributed by atoms with Crippen LogP contribution in [0.4, 0.5) is 0 Å². The SMILES string of the molecule is CCCCCCCOC=COC=COCCCCCCC. The summed E-state index contributed by atoms with van der Waals surface area (Å²) in [4.78, 5) is 0. The topological polar surface area (TPSA) is 27.7 Å². The number of rotatable bonds is 16. The van der Waals surface area contributed by atoms with Gasteiger partial charge in [0.05, 0.1) is 13.2 Å². The van der Waals surface area contributed by atoms with Crippen LogP contribution in [0.15, 0.2) is 25.0 Å². The normalized spacial score (nSPS) is 11.3. The van der Waals surface area contributed by atoms with Gasteiger partial charge in [-0.05, 0) is 12.8 Å². The fraction of sp³-hybridized carbons (Fsp3) is 0.778. The number of hydrogen-bond acceptors (Lipinski definition) is 3. The van der Waals surface area contributed by atoms with Crippen LogP contribution in [0, 0.1) is 0 Å². The van der Waals surface area contributed by atoms with Crippen LogP contribution in [0.2, 0.25) is 0 Å². The lowest BCUT2D eigenvalue weighted by Gasteiger charge is -2.01. The van der Waals surface area contributed by atoms with Gasteiger partial charge in [-0.15, -0.1) is 0 Å². The number of hydrogen-bond donors (Lipinski definition) is 0. The summed E-state index contributed by atoms with van der Waals surface area (Å²) in [5, 5.41) is 0. The molecule has 0 atom stereocenters. The highest BCUT2D eigenvalue weighted by atomic mass is 16.5. The van der Waals surface area contributed by atoms with Crippen LogP contribution in [0.25, 0.3) is 0 Å². The zero-order valence-corrected chi connectivity index (χ0v) is 14.0. The fourth-order valence-electron chi connectivity index (χ4n) is 1.90. The molecule has 0 aliphatic heterocycles. The molecule has 3 nitrogen and oxygen atoms in total. The molecule has 0 aliphatic carbocycles. The molecule has 0 rings (SSSR count). The maximum absolute atomic E-state index is 5.32. The highest BCUT2D eigenvalue weighted by molar-refractivity contribution is 4.69. The summed E-state index contributed by atoms with van der Waals surface area (Å²) in [6.45, 7) is 5.98. The summed E-state index contributed by atoms with van der Waals surface area (Å²) in [5.41, 5.74) is 0. The van der Waals surface area contributed by atoms with Crippen LogP contribution < -0.4 is 0 Å². The van der Waals surface area contributed by atoms with E-state index in [0.717, 1.165) is 26.1 Å². The molecule has 21 heavy (non-hydrogen) atoms. The molecular weight excluding hydrogens is 264 g/mol. The summed E-state index contributed by atoms with van der Waals surface area (Å²) in [7, 11) is 0.